The zero-order chi connectivity index (χ0) is 15.3. The van der Waals surface area contributed by atoms with Crippen molar-refractivity contribution in [2.24, 2.45) is 0 Å². The van der Waals surface area contributed by atoms with E-state index in [9.17, 15) is 0 Å². The summed E-state index contributed by atoms with van der Waals surface area (Å²) in [5.74, 6) is 0. The van der Waals surface area contributed by atoms with Crippen LogP contribution >= 0.6 is 18.6 Å². The first-order valence-electron chi connectivity index (χ1n) is 7.14. The van der Waals surface area contributed by atoms with Crippen LogP contribution in [0.25, 0.3) is 10.8 Å². The van der Waals surface area contributed by atoms with Gasteiger partial charge in [0, 0.05) is 0 Å². The van der Waals surface area contributed by atoms with Crippen molar-refractivity contribution in [3.8, 4) is 0 Å². The van der Waals surface area contributed by atoms with Crippen LogP contribution in [0.5, 0.6) is 0 Å². The van der Waals surface area contributed by atoms with Crippen molar-refractivity contribution in [1.29, 1.82) is 0 Å². The van der Waals surface area contributed by atoms with E-state index in [1.807, 2.05) is 0 Å². The summed E-state index contributed by atoms with van der Waals surface area (Å²) in [5, 5.41) is 2.66. The Hall–Kier alpha value is -0.396. The van der Waals surface area contributed by atoms with E-state index >= 15 is 0 Å². The molecule has 0 aliphatic heterocycles. The maximum absolute atomic E-state index is 4.89. The van der Waals surface area contributed by atoms with Crippen molar-refractivity contribution in [2.45, 2.75) is 32.6 Å². The molecule has 0 aromatic heterocycles. The topological polar surface area (TPSA) is 0 Å². The molecule has 0 unspecified atom stereocenters. The SMILES string of the molecule is CCCCC1=[C-]CC=C1.[Cl][Ti][Cl].c1ccc2[cH-]ccc2c1. The molecule has 0 fully saturated rings. The summed E-state index contributed by atoms with van der Waals surface area (Å²) in [4.78, 5) is 0. The minimum absolute atomic E-state index is 0.556. The fraction of sp³-hybridized carbons (Fsp3) is 0.278. The average Bonchev–Trinajstić information content (AvgIpc) is 3.18. The number of hydrogen-bond acceptors (Lipinski definition) is 0. The first kappa shape index (κ1) is 18.7. The molecule has 2 aromatic carbocycles. The molecule has 0 amide bonds. The summed E-state index contributed by atoms with van der Waals surface area (Å²) in [6.07, 6.45) is 12.5. The molecule has 0 bridgehead atoms. The predicted molar refractivity (Wildman–Crippen MR) is 91.3 cm³/mol. The normalized spacial score (nSPS) is 12.0. The zero-order valence-electron chi connectivity index (χ0n) is 12.3. The molecule has 1 aliphatic rings. The molecule has 0 N–H and O–H groups in total. The molecule has 3 heteroatoms. The number of fused-ring (bicyclic) bond motifs is 1. The maximum atomic E-state index is 4.89. The van der Waals surface area contributed by atoms with Gasteiger partial charge in [-0.1, -0.05) is 32.3 Å². The van der Waals surface area contributed by atoms with Gasteiger partial charge in [0.05, 0.1) is 0 Å². The Morgan fingerprint density at radius 1 is 1.24 bits per heavy atom. The van der Waals surface area contributed by atoms with E-state index < -0.39 is 17.0 Å². The monoisotopic (exact) mass is 354 g/mol. The fourth-order valence-corrected chi connectivity index (χ4v) is 2.06. The molecule has 0 nitrogen and oxygen atoms in total. The van der Waals surface area contributed by atoms with E-state index in [0.29, 0.717) is 0 Å². The van der Waals surface area contributed by atoms with Crippen LogP contribution in [0.15, 0.2) is 60.2 Å². The van der Waals surface area contributed by atoms with Crippen molar-refractivity contribution in [2.75, 3.05) is 0 Å². The van der Waals surface area contributed by atoms with Gasteiger partial charge in [0.25, 0.3) is 0 Å². The summed E-state index contributed by atoms with van der Waals surface area (Å²) >= 11 is -0.556. The first-order valence-corrected chi connectivity index (χ1v) is 11.4. The Morgan fingerprint density at radius 3 is 2.62 bits per heavy atom. The number of rotatable bonds is 3. The van der Waals surface area contributed by atoms with Crippen molar-refractivity contribution < 1.29 is 17.0 Å². The zero-order valence-corrected chi connectivity index (χ0v) is 15.4. The minimum Gasteiger partial charge on any atom is -0.168 e. The van der Waals surface area contributed by atoms with E-state index in [0.717, 1.165) is 6.42 Å². The second-order valence-corrected chi connectivity index (χ2v) is 7.22. The standard InChI is InChI=1S/C9H7.C9H13.2ClH.Ti/c1-2-5-9-7-3-6-8(9)4-1;1-2-3-6-9-7-4-5-8-9;;;/h1-7H;4,7H,2-3,5-6H2,1H3;2*1H;/q2*-1;;;+2/p-2. The molecular formula is C18H20Cl2Ti-2. The van der Waals surface area contributed by atoms with E-state index in [-0.39, 0.29) is 0 Å². The van der Waals surface area contributed by atoms with Crippen LogP contribution in [0.3, 0.4) is 0 Å². The van der Waals surface area contributed by atoms with E-state index in [1.165, 1.54) is 35.6 Å². The van der Waals surface area contributed by atoms with Crippen LogP contribution in [-0.4, -0.2) is 0 Å². The molecule has 0 saturated carbocycles. The van der Waals surface area contributed by atoms with Crippen molar-refractivity contribution in [1.82, 2.24) is 0 Å². The summed E-state index contributed by atoms with van der Waals surface area (Å²) < 4.78 is 0. The molecule has 0 atom stereocenters. The fourth-order valence-electron chi connectivity index (χ4n) is 2.06. The molecule has 0 heterocycles. The van der Waals surface area contributed by atoms with E-state index in [4.69, 9.17) is 18.6 Å². The Morgan fingerprint density at radius 2 is 2.00 bits per heavy atom. The van der Waals surface area contributed by atoms with Crippen LogP contribution < -0.4 is 0 Å². The van der Waals surface area contributed by atoms with E-state index in [1.54, 1.807) is 0 Å². The van der Waals surface area contributed by atoms with Gasteiger partial charge >= 0.3 is 35.6 Å². The third-order valence-electron chi connectivity index (χ3n) is 3.11. The summed E-state index contributed by atoms with van der Waals surface area (Å²) in [7, 11) is 9.78. The quantitative estimate of drug-likeness (QED) is 0.419. The number of halogens is 2. The number of hydrogen-bond donors (Lipinski definition) is 0. The Bertz CT molecular complexity index is 525. The van der Waals surface area contributed by atoms with Gasteiger partial charge < -0.3 is 0 Å². The predicted octanol–water partition coefficient (Wildman–Crippen LogP) is 6.80. The largest absolute Gasteiger partial charge is 0.168 e. The molecule has 2 aromatic rings. The second kappa shape index (κ2) is 12.2. The summed E-state index contributed by atoms with van der Waals surface area (Å²) in [6, 6.07) is 14.7. The Balaban J connectivity index is 0.000000178. The Kier molecular flexibility index (Phi) is 10.8. The second-order valence-electron chi connectivity index (χ2n) is 4.64. The number of unbranched alkanes of at least 4 members (excludes halogenated alkanes) is 1. The van der Waals surface area contributed by atoms with Crippen LogP contribution in [-0.2, 0) is 17.0 Å². The van der Waals surface area contributed by atoms with Crippen LogP contribution in [0.2, 0.25) is 0 Å². The number of benzene rings is 1. The third kappa shape index (κ3) is 7.97. The number of allylic oxidation sites excluding steroid dienone is 4. The average molecular weight is 355 g/mol. The minimum atomic E-state index is -0.556. The molecule has 1 aliphatic carbocycles. The first-order chi connectivity index (χ1) is 10.3. The van der Waals surface area contributed by atoms with Crippen LogP contribution in [0.1, 0.15) is 32.6 Å². The maximum Gasteiger partial charge on any atom is -0.0809 e. The van der Waals surface area contributed by atoms with Crippen molar-refractivity contribution in [3.05, 3.63) is 66.3 Å². The molecule has 0 saturated heterocycles. The third-order valence-corrected chi connectivity index (χ3v) is 3.11. The van der Waals surface area contributed by atoms with Gasteiger partial charge in [-0.15, -0.1) is 36.1 Å². The van der Waals surface area contributed by atoms with Gasteiger partial charge in [0.1, 0.15) is 0 Å². The molecule has 21 heavy (non-hydrogen) atoms. The van der Waals surface area contributed by atoms with Gasteiger partial charge in [-0.2, -0.15) is 23.6 Å². The van der Waals surface area contributed by atoms with Gasteiger partial charge in [-0.25, -0.2) is 11.6 Å². The van der Waals surface area contributed by atoms with Gasteiger partial charge in [0.15, 0.2) is 0 Å². The molecule has 0 spiro atoms. The van der Waals surface area contributed by atoms with Crippen molar-refractivity contribution in [3.63, 3.8) is 0 Å². The molecule has 3 rings (SSSR count). The van der Waals surface area contributed by atoms with E-state index in [2.05, 4.69) is 67.6 Å². The Labute approximate surface area is 144 Å². The molecular weight excluding hydrogens is 335 g/mol. The molecule has 0 radical (unpaired) electrons. The van der Waals surface area contributed by atoms with Gasteiger partial charge in [-0.3, -0.25) is 6.08 Å². The van der Waals surface area contributed by atoms with Crippen molar-refractivity contribution >= 4 is 29.4 Å². The molecule has 112 valence electrons. The smallest absolute Gasteiger partial charge is 0.0809 e. The summed E-state index contributed by atoms with van der Waals surface area (Å²) in [5.41, 5.74) is 1.41. The van der Waals surface area contributed by atoms with Gasteiger partial charge in [0.2, 0.25) is 0 Å². The van der Waals surface area contributed by atoms with Crippen LogP contribution in [0, 0.1) is 6.08 Å². The van der Waals surface area contributed by atoms with Gasteiger partial charge in [-0.05, 0) is 0 Å². The van der Waals surface area contributed by atoms with Crippen LogP contribution in [0.4, 0.5) is 0 Å². The summed E-state index contributed by atoms with van der Waals surface area (Å²) in [6.45, 7) is 2.22.